The standard InChI is InChI=1S/C34H22F30N2O4/c35-21(36,23(39,40)25(43,44)27(47,48)29(51,52)31(55,56)33(59,60)61)11-1-13-69-17-7-3-15(4-8-17)19(67)65-66-20(68)16-5-9-18(10-6-16)70-14-2-12-22(37,38)24(41,42)26(45,46)28(49,50)30(53,54)32(57,58)34(62,63)64/h3-10H,1-2,11-14H2,(H,65,67)(H,66,68). The zero-order valence-corrected chi connectivity index (χ0v) is 32.8. The number of hydrogen-bond donors (Lipinski definition) is 2. The molecule has 2 rings (SSSR count). The molecule has 0 heterocycles. The van der Waals surface area contributed by atoms with E-state index in [9.17, 15) is 141 Å². The second kappa shape index (κ2) is 19.1. The Morgan fingerprint density at radius 3 is 0.771 bits per heavy atom. The van der Waals surface area contributed by atoms with Gasteiger partial charge in [-0.25, -0.2) is 0 Å². The molecule has 0 aliphatic carbocycles. The van der Waals surface area contributed by atoms with Crippen LogP contribution >= 0.6 is 0 Å². The van der Waals surface area contributed by atoms with Gasteiger partial charge in [0, 0.05) is 24.0 Å². The summed E-state index contributed by atoms with van der Waals surface area (Å²) in [6.45, 7) is -2.50. The van der Waals surface area contributed by atoms with Crippen molar-refractivity contribution >= 4 is 11.8 Å². The van der Waals surface area contributed by atoms with Gasteiger partial charge in [-0.1, -0.05) is 0 Å². The van der Waals surface area contributed by atoms with E-state index in [-0.39, 0.29) is 0 Å². The Bertz CT molecular complexity index is 1970. The van der Waals surface area contributed by atoms with Crippen LogP contribution in [0.1, 0.15) is 46.4 Å². The lowest BCUT2D eigenvalue weighted by molar-refractivity contribution is -0.452. The van der Waals surface area contributed by atoms with Crippen molar-refractivity contribution in [1.29, 1.82) is 0 Å². The summed E-state index contributed by atoms with van der Waals surface area (Å²) < 4.78 is 410. The van der Waals surface area contributed by atoms with Crippen LogP contribution in [0.25, 0.3) is 0 Å². The van der Waals surface area contributed by atoms with Gasteiger partial charge in [-0.3, -0.25) is 20.4 Å². The van der Waals surface area contributed by atoms with E-state index >= 15 is 0 Å². The molecular weight excluding hydrogens is 1070 g/mol. The molecule has 0 bridgehead atoms. The molecule has 2 aromatic rings. The maximum Gasteiger partial charge on any atom is 0.460 e. The molecule has 0 spiro atoms. The van der Waals surface area contributed by atoms with Crippen molar-refractivity contribution in [3.05, 3.63) is 59.7 Å². The number of ether oxygens (including phenoxy) is 2. The molecule has 0 saturated heterocycles. The van der Waals surface area contributed by atoms with Crippen LogP contribution in [0, 0.1) is 0 Å². The van der Waals surface area contributed by atoms with E-state index in [0.717, 1.165) is 48.5 Å². The van der Waals surface area contributed by atoms with Gasteiger partial charge in [-0.15, -0.1) is 0 Å². The third-order valence-electron chi connectivity index (χ3n) is 9.12. The summed E-state index contributed by atoms with van der Waals surface area (Å²) in [6, 6.07) is 6.37. The molecule has 402 valence electrons. The summed E-state index contributed by atoms with van der Waals surface area (Å²) in [5.74, 6) is -98.4. The van der Waals surface area contributed by atoms with E-state index in [1.165, 1.54) is 0 Å². The van der Waals surface area contributed by atoms with Gasteiger partial charge in [0.15, 0.2) is 0 Å². The minimum Gasteiger partial charge on any atom is -0.494 e. The average Bonchev–Trinajstić information content (AvgIpc) is 3.21. The normalized spacial score (nSPS) is 14.9. The van der Waals surface area contributed by atoms with E-state index < -0.39 is 157 Å². The summed E-state index contributed by atoms with van der Waals surface area (Å²) in [6.07, 6.45) is -24.0. The molecule has 36 heteroatoms. The Labute approximate surface area is 367 Å². The van der Waals surface area contributed by atoms with Crippen molar-refractivity contribution in [3.8, 4) is 11.5 Å². The molecule has 0 aromatic heterocycles. The largest absolute Gasteiger partial charge is 0.494 e. The van der Waals surface area contributed by atoms with Gasteiger partial charge in [0.25, 0.3) is 11.8 Å². The van der Waals surface area contributed by atoms with Crippen molar-refractivity contribution in [1.82, 2.24) is 10.9 Å². The summed E-state index contributed by atoms with van der Waals surface area (Å²) in [4.78, 5) is 24.7. The van der Waals surface area contributed by atoms with E-state index in [1.807, 2.05) is 0 Å². The minimum atomic E-state index is -8.46. The Hall–Kier alpha value is -5.12. The monoisotopic (exact) mass is 1090 g/mol. The molecule has 2 amide bonds. The second-order valence-corrected chi connectivity index (χ2v) is 14.0. The molecule has 0 fully saturated rings. The lowest BCUT2D eigenvalue weighted by atomic mass is 9.90. The van der Waals surface area contributed by atoms with E-state index in [1.54, 1.807) is 10.9 Å². The predicted molar refractivity (Wildman–Crippen MR) is 169 cm³/mol. The highest BCUT2D eigenvalue weighted by atomic mass is 19.4. The topological polar surface area (TPSA) is 76.7 Å². The van der Waals surface area contributed by atoms with Crippen molar-refractivity contribution in [3.63, 3.8) is 0 Å². The summed E-state index contributed by atoms with van der Waals surface area (Å²) >= 11 is 0. The Morgan fingerprint density at radius 2 is 0.543 bits per heavy atom. The zero-order valence-electron chi connectivity index (χ0n) is 32.8. The zero-order chi connectivity index (χ0) is 55.2. The molecule has 0 unspecified atom stereocenters. The highest BCUT2D eigenvalue weighted by molar-refractivity contribution is 5.99. The lowest BCUT2D eigenvalue weighted by Crippen LogP contribution is -2.72. The molecule has 6 nitrogen and oxygen atoms in total. The van der Waals surface area contributed by atoms with Crippen LogP contribution < -0.4 is 20.3 Å². The van der Waals surface area contributed by atoms with Gasteiger partial charge in [-0.05, 0) is 61.4 Å². The maximum absolute atomic E-state index is 14.0. The number of hydrazine groups is 1. The number of amides is 2. The number of carbonyl (C=O) groups excluding carboxylic acids is 2. The van der Waals surface area contributed by atoms with Gasteiger partial charge in [-0.2, -0.15) is 132 Å². The fourth-order valence-corrected chi connectivity index (χ4v) is 4.94. The molecule has 0 aliphatic heterocycles. The number of hydrogen-bond acceptors (Lipinski definition) is 4. The number of halogens is 30. The van der Waals surface area contributed by atoms with E-state index in [2.05, 4.69) is 0 Å². The first-order valence-corrected chi connectivity index (χ1v) is 17.7. The third kappa shape index (κ3) is 10.4. The van der Waals surface area contributed by atoms with Crippen LogP contribution in [0.15, 0.2) is 48.5 Å². The second-order valence-electron chi connectivity index (χ2n) is 14.0. The number of alkyl halides is 30. The highest BCUT2D eigenvalue weighted by Gasteiger charge is 2.94. The van der Waals surface area contributed by atoms with Crippen molar-refractivity contribution < 1.29 is 151 Å². The average molecular weight is 1090 g/mol. The van der Waals surface area contributed by atoms with Gasteiger partial charge in [0.1, 0.15) is 11.5 Å². The molecule has 0 aliphatic rings. The van der Waals surface area contributed by atoms with E-state index in [0.29, 0.717) is 0 Å². The first-order chi connectivity index (χ1) is 30.9. The molecular formula is C34H22F30N2O4. The lowest BCUT2D eigenvalue weighted by Gasteiger charge is -2.41. The smallest absolute Gasteiger partial charge is 0.460 e. The Kier molecular flexibility index (Phi) is 16.7. The number of rotatable bonds is 22. The van der Waals surface area contributed by atoms with Gasteiger partial charge in [0.05, 0.1) is 13.2 Å². The number of benzene rings is 2. The first kappa shape index (κ1) is 61.0. The van der Waals surface area contributed by atoms with Crippen LogP contribution in [-0.2, 0) is 0 Å². The van der Waals surface area contributed by atoms with Crippen molar-refractivity contribution in [2.24, 2.45) is 0 Å². The van der Waals surface area contributed by atoms with Gasteiger partial charge < -0.3 is 9.47 Å². The van der Waals surface area contributed by atoms with Crippen LogP contribution in [0.5, 0.6) is 11.5 Å². The summed E-state index contributed by atoms with van der Waals surface area (Å²) in [7, 11) is 0. The molecule has 0 radical (unpaired) electrons. The van der Waals surface area contributed by atoms with Crippen molar-refractivity contribution in [2.45, 2.75) is 109 Å². The quantitative estimate of drug-likeness (QED) is 0.0700. The van der Waals surface area contributed by atoms with Gasteiger partial charge >= 0.3 is 83.4 Å². The summed E-state index contributed by atoms with van der Waals surface area (Å²) in [5, 5.41) is 0. The number of nitrogens with one attached hydrogen (secondary N) is 2. The van der Waals surface area contributed by atoms with Crippen LogP contribution in [-0.4, -0.2) is 108 Å². The van der Waals surface area contributed by atoms with Crippen LogP contribution in [0.3, 0.4) is 0 Å². The van der Waals surface area contributed by atoms with E-state index in [4.69, 9.17) is 9.47 Å². The highest BCUT2D eigenvalue weighted by Crippen LogP contribution is 2.64. The molecule has 0 saturated carbocycles. The molecule has 2 N–H and O–H groups in total. The maximum atomic E-state index is 14.0. The SMILES string of the molecule is O=C(NNC(=O)c1ccc(OCCCC(F)(F)C(F)(F)C(F)(F)C(F)(F)C(F)(F)C(F)(F)C(F)(F)F)cc1)c1ccc(OCCCC(F)(F)C(F)(F)C(F)(F)C(F)(F)C(F)(F)C(F)(F)C(F)(F)F)cc1. The predicted octanol–water partition coefficient (Wildman–Crippen LogP) is 12.8. The van der Waals surface area contributed by atoms with Crippen LogP contribution in [0.2, 0.25) is 0 Å². The Morgan fingerprint density at radius 1 is 0.329 bits per heavy atom. The van der Waals surface area contributed by atoms with Crippen molar-refractivity contribution in [2.75, 3.05) is 13.2 Å². The first-order valence-electron chi connectivity index (χ1n) is 17.7. The number of carbonyl (C=O) groups is 2. The fourth-order valence-electron chi connectivity index (χ4n) is 4.94. The summed E-state index contributed by atoms with van der Waals surface area (Å²) in [5.41, 5.74) is 2.74. The molecule has 0 atom stereocenters. The Balaban J connectivity index is 1.95. The molecule has 2 aromatic carbocycles. The molecule has 70 heavy (non-hydrogen) atoms. The fraction of sp³-hybridized carbons (Fsp3) is 0.588. The van der Waals surface area contributed by atoms with Gasteiger partial charge in [0.2, 0.25) is 0 Å². The minimum absolute atomic E-state index is 0.416. The van der Waals surface area contributed by atoms with Crippen LogP contribution in [0.4, 0.5) is 132 Å². The third-order valence-corrected chi connectivity index (χ3v) is 9.12.